The van der Waals surface area contributed by atoms with E-state index in [1.165, 1.54) is 5.56 Å². The van der Waals surface area contributed by atoms with Crippen LogP contribution in [0.4, 0.5) is 0 Å². The van der Waals surface area contributed by atoms with Crippen LogP contribution >= 0.6 is 0 Å². The van der Waals surface area contributed by atoms with E-state index < -0.39 is 0 Å². The van der Waals surface area contributed by atoms with Crippen LogP contribution in [0.1, 0.15) is 19.4 Å². The molecule has 1 N–H and O–H groups in total. The molecule has 2 aromatic rings. The van der Waals surface area contributed by atoms with E-state index in [1.807, 2.05) is 51.5 Å². The average Bonchev–Trinajstić information content (AvgIpc) is 2.39. The molecule has 0 aliphatic heterocycles. The van der Waals surface area contributed by atoms with Gasteiger partial charge in [0.2, 0.25) is 0 Å². The van der Waals surface area contributed by atoms with E-state index in [0.29, 0.717) is 0 Å². The molecule has 0 spiro atoms. The summed E-state index contributed by atoms with van der Waals surface area (Å²) in [6.45, 7) is 4.88. The molecule has 0 radical (unpaired) electrons. The van der Waals surface area contributed by atoms with Gasteiger partial charge >= 0.3 is 0 Å². The van der Waals surface area contributed by atoms with Gasteiger partial charge in [-0.15, -0.1) is 0 Å². The summed E-state index contributed by atoms with van der Waals surface area (Å²) in [6, 6.07) is 10.2. The summed E-state index contributed by atoms with van der Waals surface area (Å²) >= 11 is 0. The summed E-state index contributed by atoms with van der Waals surface area (Å²) in [5.74, 6) is 0.904. The minimum atomic E-state index is 0.162. The molecule has 1 aromatic carbocycles. The molecule has 0 aliphatic rings. The van der Waals surface area contributed by atoms with Gasteiger partial charge in [-0.2, -0.15) is 0 Å². The molecule has 2 rings (SSSR count). The zero-order valence-electron chi connectivity index (χ0n) is 11.7. The Kier molecular flexibility index (Phi) is 4.53. The molecule has 3 nitrogen and oxygen atoms in total. The molecule has 0 fully saturated rings. The van der Waals surface area contributed by atoms with Gasteiger partial charge in [-0.1, -0.05) is 18.2 Å². The maximum absolute atomic E-state index is 5.86. The van der Waals surface area contributed by atoms with Crippen molar-refractivity contribution >= 4 is 0 Å². The third kappa shape index (κ3) is 3.55. The minimum Gasteiger partial charge on any atom is -0.490 e. The molecule has 1 aromatic heterocycles. The van der Waals surface area contributed by atoms with Crippen molar-refractivity contribution < 1.29 is 4.74 Å². The van der Waals surface area contributed by atoms with Crippen LogP contribution in [0.15, 0.2) is 42.7 Å². The summed E-state index contributed by atoms with van der Waals surface area (Å²) in [5.41, 5.74) is 3.34. The highest BCUT2D eigenvalue weighted by atomic mass is 16.5. The van der Waals surface area contributed by atoms with Crippen molar-refractivity contribution in [3.8, 4) is 16.9 Å². The van der Waals surface area contributed by atoms with Crippen molar-refractivity contribution in [1.29, 1.82) is 0 Å². The molecule has 0 aliphatic carbocycles. The Morgan fingerprint density at radius 3 is 2.74 bits per heavy atom. The van der Waals surface area contributed by atoms with E-state index in [1.54, 1.807) is 0 Å². The van der Waals surface area contributed by atoms with Crippen LogP contribution in [-0.4, -0.2) is 18.1 Å². The van der Waals surface area contributed by atoms with Gasteiger partial charge in [0.1, 0.15) is 5.75 Å². The molecule has 0 amide bonds. The lowest BCUT2D eigenvalue weighted by atomic mass is 10.0. The van der Waals surface area contributed by atoms with Gasteiger partial charge in [-0.25, -0.2) is 0 Å². The average molecular weight is 256 g/mol. The number of nitrogens with zero attached hydrogens (tertiary/aromatic N) is 1. The summed E-state index contributed by atoms with van der Waals surface area (Å²) in [6.07, 6.45) is 3.92. The normalized spacial score (nSPS) is 10.7. The fraction of sp³-hybridized carbons (Fsp3) is 0.312. The summed E-state index contributed by atoms with van der Waals surface area (Å²) < 4.78 is 5.86. The molecule has 1 heterocycles. The van der Waals surface area contributed by atoms with E-state index in [2.05, 4.69) is 22.4 Å². The fourth-order valence-electron chi connectivity index (χ4n) is 2.00. The monoisotopic (exact) mass is 256 g/mol. The topological polar surface area (TPSA) is 34.2 Å². The van der Waals surface area contributed by atoms with Crippen molar-refractivity contribution in [1.82, 2.24) is 10.3 Å². The summed E-state index contributed by atoms with van der Waals surface area (Å²) in [5, 5.41) is 3.14. The van der Waals surface area contributed by atoms with Gasteiger partial charge in [-0.3, -0.25) is 4.98 Å². The third-order valence-electron chi connectivity index (χ3n) is 2.74. The Hall–Kier alpha value is -1.87. The SMILES string of the molecule is CNCc1cncc(-c2ccccc2OC(C)C)c1. The molecule has 0 saturated carbocycles. The maximum atomic E-state index is 5.86. The molecule has 3 heteroatoms. The number of hydrogen-bond acceptors (Lipinski definition) is 3. The maximum Gasteiger partial charge on any atom is 0.127 e. The lowest BCUT2D eigenvalue weighted by Gasteiger charge is -2.14. The highest BCUT2D eigenvalue weighted by Crippen LogP contribution is 2.30. The number of rotatable bonds is 5. The first-order chi connectivity index (χ1) is 9.20. The number of aromatic nitrogens is 1. The number of hydrogen-bond donors (Lipinski definition) is 1. The lowest BCUT2D eigenvalue weighted by molar-refractivity contribution is 0.243. The molecular weight excluding hydrogens is 236 g/mol. The predicted molar refractivity (Wildman–Crippen MR) is 78.2 cm³/mol. The van der Waals surface area contributed by atoms with Crippen LogP contribution in [-0.2, 0) is 6.54 Å². The van der Waals surface area contributed by atoms with Gasteiger partial charge in [0.25, 0.3) is 0 Å². The number of pyridine rings is 1. The Labute approximate surface area is 114 Å². The molecule has 0 unspecified atom stereocenters. The van der Waals surface area contributed by atoms with Gasteiger partial charge in [0.05, 0.1) is 6.10 Å². The Bertz CT molecular complexity index is 538. The third-order valence-corrected chi connectivity index (χ3v) is 2.74. The van der Waals surface area contributed by atoms with E-state index >= 15 is 0 Å². The minimum absolute atomic E-state index is 0.162. The molecule has 0 bridgehead atoms. The van der Waals surface area contributed by atoms with Crippen LogP contribution < -0.4 is 10.1 Å². The van der Waals surface area contributed by atoms with E-state index in [9.17, 15) is 0 Å². The van der Waals surface area contributed by atoms with E-state index in [4.69, 9.17) is 4.74 Å². The Balaban J connectivity index is 2.37. The molecule has 0 atom stereocenters. The van der Waals surface area contributed by atoms with Crippen LogP contribution in [0, 0.1) is 0 Å². The standard InChI is InChI=1S/C16H20N2O/c1-12(2)19-16-7-5-4-6-15(16)14-8-13(9-17-3)10-18-11-14/h4-8,10-12,17H,9H2,1-3H3. The first kappa shape index (κ1) is 13.6. The van der Waals surface area contributed by atoms with Gasteiger partial charge in [0, 0.05) is 30.1 Å². The van der Waals surface area contributed by atoms with Crippen molar-refractivity contribution in [2.45, 2.75) is 26.5 Å². The molecule has 100 valence electrons. The van der Waals surface area contributed by atoms with E-state index in [-0.39, 0.29) is 6.10 Å². The van der Waals surface area contributed by atoms with Gasteiger partial charge in [0.15, 0.2) is 0 Å². The lowest BCUT2D eigenvalue weighted by Crippen LogP contribution is -2.07. The van der Waals surface area contributed by atoms with Gasteiger partial charge in [-0.05, 0) is 38.6 Å². The second-order valence-corrected chi connectivity index (χ2v) is 4.77. The quantitative estimate of drug-likeness (QED) is 0.891. The Morgan fingerprint density at radius 1 is 1.21 bits per heavy atom. The molecule has 19 heavy (non-hydrogen) atoms. The van der Waals surface area contributed by atoms with Crippen molar-refractivity contribution in [2.75, 3.05) is 7.05 Å². The first-order valence-electron chi connectivity index (χ1n) is 6.55. The van der Waals surface area contributed by atoms with Crippen LogP contribution in [0.25, 0.3) is 11.1 Å². The molecule has 0 saturated heterocycles. The zero-order valence-corrected chi connectivity index (χ0v) is 11.7. The second kappa shape index (κ2) is 6.34. The summed E-state index contributed by atoms with van der Waals surface area (Å²) in [4.78, 5) is 4.30. The zero-order chi connectivity index (χ0) is 13.7. The first-order valence-corrected chi connectivity index (χ1v) is 6.55. The molecular formula is C16H20N2O. The van der Waals surface area contributed by atoms with E-state index in [0.717, 1.165) is 23.4 Å². The fourth-order valence-corrected chi connectivity index (χ4v) is 2.00. The number of nitrogens with one attached hydrogen (secondary N) is 1. The van der Waals surface area contributed by atoms with Crippen molar-refractivity contribution in [3.05, 3.63) is 48.3 Å². The van der Waals surface area contributed by atoms with Crippen molar-refractivity contribution in [3.63, 3.8) is 0 Å². The van der Waals surface area contributed by atoms with Crippen LogP contribution in [0.5, 0.6) is 5.75 Å². The number of para-hydroxylation sites is 1. The van der Waals surface area contributed by atoms with Crippen molar-refractivity contribution in [2.24, 2.45) is 0 Å². The smallest absolute Gasteiger partial charge is 0.127 e. The predicted octanol–water partition coefficient (Wildman–Crippen LogP) is 3.26. The number of benzene rings is 1. The largest absolute Gasteiger partial charge is 0.490 e. The Morgan fingerprint density at radius 2 is 2.00 bits per heavy atom. The second-order valence-electron chi connectivity index (χ2n) is 4.77. The van der Waals surface area contributed by atoms with Crippen LogP contribution in [0.3, 0.4) is 0 Å². The van der Waals surface area contributed by atoms with Crippen LogP contribution in [0.2, 0.25) is 0 Å². The van der Waals surface area contributed by atoms with Gasteiger partial charge < -0.3 is 10.1 Å². The highest BCUT2D eigenvalue weighted by molar-refractivity contribution is 5.70. The highest BCUT2D eigenvalue weighted by Gasteiger charge is 2.08. The number of ether oxygens (including phenoxy) is 1. The summed E-state index contributed by atoms with van der Waals surface area (Å²) in [7, 11) is 1.93.